The number of carbonyl (C=O) groups is 1. The van der Waals surface area contributed by atoms with E-state index in [0.717, 1.165) is 49.6 Å². The van der Waals surface area contributed by atoms with Crippen LogP contribution in [0.3, 0.4) is 0 Å². The fourth-order valence-electron chi connectivity index (χ4n) is 3.27. The minimum atomic E-state index is -0.0490. The van der Waals surface area contributed by atoms with Gasteiger partial charge in [-0.05, 0) is 37.8 Å². The first-order valence-electron chi connectivity index (χ1n) is 8.84. The molecule has 1 aromatic heterocycles. The Kier molecular flexibility index (Phi) is 4.57. The van der Waals surface area contributed by atoms with Gasteiger partial charge in [0.25, 0.3) is 0 Å². The molecule has 0 spiro atoms. The molecule has 25 heavy (non-hydrogen) atoms. The summed E-state index contributed by atoms with van der Waals surface area (Å²) >= 11 is 6.19. The average molecular weight is 357 g/mol. The van der Waals surface area contributed by atoms with Gasteiger partial charge in [0.1, 0.15) is 16.8 Å². The third-order valence-corrected chi connectivity index (χ3v) is 4.99. The lowest BCUT2D eigenvalue weighted by Gasteiger charge is -2.33. The van der Waals surface area contributed by atoms with Crippen LogP contribution in [0.2, 0.25) is 5.15 Å². The molecule has 1 saturated heterocycles. The van der Waals surface area contributed by atoms with Crippen LogP contribution in [0.1, 0.15) is 37.4 Å². The largest absolute Gasteiger partial charge is 0.356 e. The van der Waals surface area contributed by atoms with Crippen molar-refractivity contribution in [2.75, 3.05) is 23.3 Å². The van der Waals surface area contributed by atoms with E-state index in [1.54, 1.807) is 0 Å². The molecule has 2 aliphatic rings. The van der Waals surface area contributed by atoms with E-state index in [0.29, 0.717) is 17.6 Å². The molecule has 0 bridgehead atoms. The third-order valence-electron chi connectivity index (χ3n) is 4.80. The van der Waals surface area contributed by atoms with Crippen LogP contribution in [0.5, 0.6) is 0 Å². The highest BCUT2D eigenvalue weighted by atomic mass is 35.5. The smallest absolute Gasteiger partial charge is 0.229 e. The highest BCUT2D eigenvalue weighted by Crippen LogP contribution is 2.39. The summed E-state index contributed by atoms with van der Waals surface area (Å²) in [5, 5.41) is 3.50. The number of rotatable bonds is 4. The molecule has 2 heterocycles. The van der Waals surface area contributed by atoms with Crippen LogP contribution in [-0.2, 0) is 4.79 Å². The minimum absolute atomic E-state index is 0.0490. The van der Waals surface area contributed by atoms with Gasteiger partial charge in [0.05, 0.1) is 5.92 Å². The van der Waals surface area contributed by atoms with E-state index >= 15 is 0 Å². The molecule has 5 nitrogen and oxygen atoms in total. The van der Waals surface area contributed by atoms with E-state index in [1.807, 2.05) is 36.4 Å². The molecule has 1 saturated carbocycles. The fourth-order valence-corrected chi connectivity index (χ4v) is 3.46. The predicted octanol–water partition coefficient (Wildman–Crippen LogP) is 3.86. The lowest BCUT2D eigenvalue weighted by atomic mass is 9.97. The number of hydrogen-bond acceptors (Lipinski definition) is 4. The zero-order valence-electron chi connectivity index (χ0n) is 14.0. The molecule has 4 rings (SSSR count). The first-order valence-corrected chi connectivity index (χ1v) is 9.22. The van der Waals surface area contributed by atoms with Crippen LogP contribution in [0.25, 0.3) is 0 Å². The van der Waals surface area contributed by atoms with Crippen LogP contribution in [-0.4, -0.2) is 29.0 Å². The van der Waals surface area contributed by atoms with E-state index in [1.165, 1.54) is 0 Å². The van der Waals surface area contributed by atoms with Crippen LogP contribution < -0.4 is 10.2 Å². The maximum absolute atomic E-state index is 12.6. The van der Waals surface area contributed by atoms with Crippen molar-refractivity contribution in [1.29, 1.82) is 0 Å². The number of para-hydroxylation sites is 1. The number of benzene rings is 1. The second-order valence-electron chi connectivity index (χ2n) is 6.82. The van der Waals surface area contributed by atoms with Gasteiger partial charge in [0.15, 0.2) is 0 Å². The summed E-state index contributed by atoms with van der Waals surface area (Å²) in [6, 6.07) is 11.4. The quantitative estimate of drug-likeness (QED) is 0.845. The number of nitrogens with one attached hydrogen (secondary N) is 1. The summed E-state index contributed by atoms with van der Waals surface area (Å²) < 4.78 is 0. The van der Waals surface area contributed by atoms with E-state index in [9.17, 15) is 4.79 Å². The van der Waals surface area contributed by atoms with Gasteiger partial charge in [0.2, 0.25) is 5.91 Å². The van der Waals surface area contributed by atoms with Gasteiger partial charge in [-0.2, -0.15) is 0 Å². The summed E-state index contributed by atoms with van der Waals surface area (Å²) in [7, 11) is 0. The molecule has 0 radical (unpaired) electrons. The Morgan fingerprint density at radius 1 is 1.16 bits per heavy atom. The van der Waals surface area contributed by atoms with Gasteiger partial charge < -0.3 is 10.2 Å². The van der Waals surface area contributed by atoms with Crippen molar-refractivity contribution >= 4 is 29.0 Å². The van der Waals surface area contributed by atoms with Crippen molar-refractivity contribution in [2.24, 2.45) is 5.92 Å². The number of halogens is 1. The summed E-state index contributed by atoms with van der Waals surface area (Å²) in [4.78, 5) is 23.8. The van der Waals surface area contributed by atoms with Gasteiger partial charge >= 0.3 is 0 Å². The van der Waals surface area contributed by atoms with Gasteiger partial charge in [-0.15, -0.1) is 0 Å². The van der Waals surface area contributed by atoms with E-state index in [4.69, 9.17) is 16.6 Å². The number of anilines is 2. The van der Waals surface area contributed by atoms with Crippen molar-refractivity contribution in [2.45, 2.75) is 31.6 Å². The SMILES string of the molecule is O=C(Nc1ccccc1)C1CCCN(c2cc(Cl)nc(C3CC3)n2)C1. The fraction of sp³-hybridized carbons (Fsp3) is 0.421. The predicted molar refractivity (Wildman–Crippen MR) is 99.0 cm³/mol. The molecule has 1 unspecified atom stereocenters. The normalized spacial score (nSPS) is 20.4. The molecule has 2 aromatic rings. The number of hydrogen-bond donors (Lipinski definition) is 1. The highest BCUT2D eigenvalue weighted by molar-refractivity contribution is 6.29. The maximum Gasteiger partial charge on any atom is 0.229 e. The van der Waals surface area contributed by atoms with Crippen molar-refractivity contribution in [3.8, 4) is 0 Å². The molecule has 1 amide bonds. The zero-order valence-corrected chi connectivity index (χ0v) is 14.7. The van der Waals surface area contributed by atoms with Gasteiger partial charge in [-0.3, -0.25) is 4.79 Å². The van der Waals surface area contributed by atoms with Crippen molar-refractivity contribution in [3.63, 3.8) is 0 Å². The molecular formula is C19H21ClN4O. The molecule has 130 valence electrons. The first-order chi connectivity index (χ1) is 12.2. The Balaban J connectivity index is 1.46. The average Bonchev–Trinajstić information content (AvgIpc) is 3.47. The molecule has 6 heteroatoms. The zero-order chi connectivity index (χ0) is 17.2. The van der Waals surface area contributed by atoms with Crippen LogP contribution in [0.15, 0.2) is 36.4 Å². The topological polar surface area (TPSA) is 58.1 Å². The Labute approximate surface area is 152 Å². The van der Waals surface area contributed by atoms with Gasteiger partial charge in [-0.25, -0.2) is 9.97 Å². The summed E-state index contributed by atoms with van der Waals surface area (Å²) in [5.74, 6) is 2.17. The molecule has 1 aliphatic carbocycles. The highest BCUT2D eigenvalue weighted by Gasteiger charge is 2.30. The summed E-state index contributed by atoms with van der Waals surface area (Å²) in [5.41, 5.74) is 0.839. The molecule has 1 atom stereocenters. The molecule has 1 aromatic carbocycles. The van der Waals surface area contributed by atoms with E-state index in [-0.39, 0.29) is 11.8 Å². The number of piperidine rings is 1. The van der Waals surface area contributed by atoms with Gasteiger partial charge in [0, 0.05) is 30.8 Å². The van der Waals surface area contributed by atoms with Gasteiger partial charge in [-0.1, -0.05) is 29.8 Å². The Morgan fingerprint density at radius 2 is 1.96 bits per heavy atom. The third kappa shape index (κ3) is 3.93. The van der Waals surface area contributed by atoms with E-state index < -0.39 is 0 Å². The molecule has 1 aliphatic heterocycles. The molecule has 1 N–H and O–H groups in total. The van der Waals surface area contributed by atoms with E-state index in [2.05, 4.69) is 15.2 Å². The maximum atomic E-state index is 12.6. The summed E-state index contributed by atoms with van der Waals surface area (Å²) in [6.07, 6.45) is 4.14. The standard InChI is InChI=1S/C19H21ClN4O/c20-16-11-17(23-18(22-16)13-8-9-13)24-10-4-5-14(12-24)19(25)21-15-6-2-1-3-7-15/h1-3,6-7,11,13-14H,4-5,8-10,12H2,(H,21,25). The monoisotopic (exact) mass is 356 g/mol. The minimum Gasteiger partial charge on any atom is -0.356 e. The Bertz CT molecular complexity index is 763. The first kappa shape index (κ1) is 16.3. The Morgan fingerprint density at radius 3 is 2.72 bits per heavy atom. The lowest BCUT2D eigenvalue weighted by Crippen LogP contribution is -2.41. The molecule has 2 fully saturated rings. The Hall–Kier alpha value is -2.14. The number of carbonyl (C=O) groups excluding carboxylic acids is 1. The van der Waals surface area contributed by atoms with Crippen LogP contribution in [0, 0.1) is 5.92 Å². The second-order valence-corrected chi connectivity index (χ2v) is 7.21. The van der Waals surface area contributed by atoms with Crippen LogP contribution >= 0.6 is 11.6 Å². The van der Waals surface area contributed by atoms with Crippen molar-refractivity contribution < 1.29 is 4.79 Å². The van der Waals surface area contributed by atoms with Crippen molar-refractivity contribution in [3.05, 3.63) is 47.4 Å². The number of aromatic nitrogens is 2. The lowest BCUT2D eigenvalue weighted by molar-refractivity contribution is -0.120. The number of nitrogens with zero attached hydrogens (tertiary/aromatic N) is 3. The van der Waals surface area contributed by atoms with Crippen LogP contribution in [0.4, 0.5) is 11.5 Å². The van der Waals surface area contributed by atoms with Crippen molar-refractivity contribution in [1.82, 2.24) is 9.97 Å². The molecular weight excluding hydrogens is 336 g/mol. The number of amides is 1. The summed E-state index contributed by atoms with van der Waals surface area (Å²) in [6.45, 7) is 1.56. The second kappa shape index (κ2) is 7.00.